The van der Waals surface area contributed by atoms with Gasteiger partial charge in [0.15, 0.2) is 17.2 Å². The Kier molecular flexibility index (Phi) is 7.00. The van der Waals surface area contributed by atoms with Gasteiger partial charge < -0.3 is 8.83 Å². The Hall–Kier alpha value is -7.48. The molecule has 6 nitrogen and oxygen atoms in total. The van der Waals surface area contributed by atoms with Gasteiger partial charge in [0.25, 0.3) is 0 Å². The summed E-state index contributed by atoms with van der Waals surface area (Å²) in [5, 5.41) is 5.24. The van der Waals surface area contributed by atoms with Crippen LogP contribution in [0.2, 0.25) is 0 Å². The van der Waals surface area contributed by atoms with E-state index in [9.17, 15) is 0 Å². The Morgan fingerprint density at radius 3 is 1.95 bits per heavy atom. The molecule has 0 saturated heterocycles. The van der Waals surface area contributed by atoms with Crippen LogP contribution in [0.1, 0.15) is 0 Å². The molecule has 12 aromatic rings. The zero-order valence-electron chi connectivity index (χ0n) is 30.2. The summed E-state index contributed by atoms with van der Waals surface area (Å²) in [6, 6.07) is 57.9. The van der Waals surface area contributed by atoms with E-state index < -0.39 is 0 Å². The summed E-state index contributed by atoms with van der Waals surface area (Å²) in [7, 11) is 0. The zero-order valence-corrected chi connectivity index (χ0v) is 31.0. The topological polar surface area (TPSA) is 77.8 Å². The van der Waals surface area contributed by atoms with E-state index in [0.29, 0.717) is 17.2 Å². The van der Waals surface area contributed by atoms with Gasteiger partial charge in [-0.15, -0.1) is 11.3 Å². The highest BCUT2D eigenvalue weighted by Gasteiger charge is 2.22. The minimum absolute atomic E-state index is 0.590. The molecule has 0 saturated carbocycles. The molecule has 7 heteroatoms. The Balaban J connectivity index is 1.09. The maximum atomic E-state index is 6.52. The molecule has 5 aromatic heterocycles. The van der Waals surface area contributed by atoms with E-state index in [1.54, 1.807) is 11.3 Å². The van der Waals surface area contributed by atoms with Crippen LogP contribution in [0.3, 0.4) is 0 Å². The quantitative estimate of drug-likeness (QED) is 0.174. The first-order valence-corrected chi connectivity index (χ1v) is 19.6. The average Bonchev–Trinajstić information content (AvgIpc) is 3.97. The van der Waals surface area contributed by atoms with E-state index in [0.717, 1.165) is 83.3 Å². The van der Waals surface area contributed by atoms with Gasteiger partial charge in [-0.3, -0.25) is 0 Å². The first-order chi connectivity index (χ1) is 28.2. The van der Waals surface area contributed by atoms with Crippen LogP contribution in [0.4, 0.5) is 0 Å². The van der Waals surface area contributed by atoms with Crippen LogP contribution in [-0.2, 0) is 0 Å². The van der Waals surface area contributed by atoms with Crippen LogP contribution in [0.5, 0.6) is 0 Å². The van der Waals surface area contributed by atoms with Gasteiger partial charge in [0.1, 0.15) is 28.0 Å². The van der Waals surface area contributed by atoms with Crippen molar-refractivity contribution in [1.29, 1.82) is 0 Å². The first-order valence-electron chi connectivity index (χ1n) is 18.8. The molecule has 0 radical (unpaired) electrons. The summed E-state index contributed by atoms with van der Waals surface area (Å²) in [5.41, 5.74) is 11.0. The molecular formula is C50H28N4O2S. The molecule has 266 valence electrons. The van der Waals surface area contributed by atoms with Crippen LogP contribution in [0.25, 0.3) is 121 Å². The van der Waals surface area contributed by atoms with Crippen molar-refractivity contribution >= 4 is 75.5 Å². The van der Waals surface area contributed by atoms with Gasteiger partial charge in [-0.05, 0) is 54.6 Å². The molecule has 0 aliphatic carbocycles. The van der Waals surface area contributed by atoms with E-state index in [1.807, 2.05) is 84.9 Å². The number of fused-ring (bicyclic) bond motifs is 9. The predicted molar refractivity (Wildman–Crippen MR) is 232 cm³/mol. The van der Waals surface area contributed by atoms with Gasteiger partial charge in [-0.25, -0.2) is 19.9 Å². The van der Waals surface area contributed by atoms with Crippen molar-refractivity contribution in [2.75, 3.05) is 0 Å². The number of thiophene rings is 1. The smallest absolute Gasteiger partial charge is 0.180 e. The van der Waals surface area contributed by atoms with Gasteiger partial charge in [0, 0.05) is 64.1 Å². The summed E-state index contributed by atoms with van der Waals surface area (Å²) < 4.78 is 15.4. The van der Waals surface area contributed by atoms with Crippen molar-refractivity contribution in [3.05, 3.63) is 170 Å². The predicted octanol–water partition coefficient (Wildman–Crippen LogP) is 13.8. The lowest BCUT2D eigenvalue weighted by Crippen LogP contribution is -1.96. The number of aromatic nitrogens is 4. The molecule has 0 N–H and O–H groups in total. The lowest BCUT2D eigenvalue weighted by atomic mass is 10.0. The number of furan rings is 2. The minimum Gasteiger partial charge on any atom is -0.456 e. The van der Waals surface area contributed by atoms with Gasteiger partial charge >= 0.3 is 0 Å². The van der Waals surface area contributed by atoms with E-state index in [-0.39, 0.29) is 0 Å². The molecule has 0 atom stereocenters. The third-order valence-electron chi connectivity index (χ3n) is 10.7. The molecular weight excluding hydrogens is 721 g/mol. The largest absolute Gasteiger partial charge is 0.456 e. The van der Waals surface area contributed by atoms with Crippen molar-refractivity contribution in [3.63, 3.8) is 0 Å². The second-order valence-corrected chi connectivity index (χ2v) is 15.2. The van der Waals surface area contributed by atoms with Crippen molar-refractivity contribution in [3.8, 4) is 56.5 Å². The molecule has 0 amide bonds. The Bertz CT molecular complexity index is 3530. The van der Waals surface area contributed by atoms with E-state index in [2.05, 4.69) is 84.9 Å². The van der Waals surface area contributed by atoms with Crippen molar-refractivity contribution in [1.82, 2.24) is 19.9 Å². The molecule has 12 rings (SSSR count). The number of rotatable bonds is 5. The Morgan fingerprint density at radius 2 is 1.07 bits per heavy atom. The SMILES string of the molecule is c1ccc(-c2cc(-c3cccc4sc5ccccc5c34)nc(-c3ccc4oc5cccc(-c6nc(-c7ccccc7)c7oc8ccccc8c7n6)c5c4c3)n2)cc1. The number of nitrogens with zero attached hydrogens (tertiary/aromatic N) is 4. The van der Waals surface area contributed by atoms with Crippen LogP contribution in [0.15, 0.2) is 179 Å². The number of benzene rings is 7. The fraction of sp³-hybridized carbons (Fsp3) is 0. The van der Waals surface area contributed by atoms with Crippen LogP contribution in [0, 0.1) is 0 Å². The van der Waals surface area contributed by atoms with Crippen LogP contribution >= 0.6 is 11.3 Å². The highest BCUT2D eigenvalue weighted by Crippen LogP contribution is 2.43. The number of para-hydroxylation sites is 1. The minimum atomic E-state index is 0.590. The van der Waals surface area contributed by atoms with Crippen molar-refractivity contribution in [2.45, 2.75) is 0 Å². The molecule has 57 heavy (non-hydrogen) atoms. The van der Waals surface area contributed by atoms with E-state index >= 15 is 0 Å². The molecule has 0 aliphatic rings. The summed E-state index contributed by atoms with van der Waals surface area (Å²) in [6.45, 7) is 0. The third-order valence-corrected chi connectivity index (χ3v) is 11.9. The number of hydrogen-bond donors (Lipinski definition) is 0. The van der Waals surface area contributed by atoms with Crippen LogP contribution in [-0.4, -0.2) is 19.9 Å². The van der Waals surface area contributed by atoms with Gasteiger partial charge in [0.2, 0.25) is 0 Å². The molecule has 0 spiro atoms. The van der Waals surface area contributed by atoms with Gasteiger partial charge in [0.05, 0.1) is 11.4 Å². The lowest BCUT2D eigenvalue weighted by molar-refractivity contribution is 0.667. The second kappa shape index (κ2) is 12.5. The average molecular weight is 749 g/mol. The normalized spacial score (nSPS) is 11.9. The standard InChI is InChI=1S/C50H28N4O2S/c1-3-13-29(14-4-1)37-28-38(32-19-12-24-43-45(32)34-18-8-10-23-42(34)57-43)52-49(51-37)31-25-26-40-36(27-31)44-35(20-11-22-41(44)55-40)50-53-46(30-15-5-2-6-16-30)48-47(54-50)33-17-7-9-21-39(33)56-48/h1-28H. The monoisotopic (exact) mass is 748 g/mol. The zero-order chi connectivity index (χ0) is 37.5. The first kappa shape index (κ1) is 31.8. The fourth-order valence-electron chi connectivity index (χ4n) is 8.11. The molecule has 7 aromatic carbocycles. The number of hydrogen-bond acceptors (Lipinski definition) is 7. The van der Waals surface area contributed by atoms with Crippen molar-refractivity contribution < 1.29 is 8.83 Å². The molecule has 0 bridgehead atoms. The molecule has 5 heterocycles. The van der Waals surface area contributed by atoms with Crippen LogP contribution < -0.4 is 0 Å². The molecule has 0 fully saturated rings. The molecule has 0 aliphatic heterocycles. The molecule has 0 unspecified atom stereocenters. The maximum absolute atomic E-state index is 6.52. The second-order valence-electron chi connectivity index (χ2n) is 14.1. The highest BCUT2D eigenvalue weighted by atomic mass is 32.1. The Labute approximate surface area is 329 Å². The summed E-state index contributed by atoms with van der Waals surface area (Å²) in [5.74, 6) is 1.22. The third kappa shape index (κ3) is 5.10. The summed E-state index contributed by atoms with van der Waals surface area (Å²) in [4.78, 5) is 20.9. The maximum Gasteiger partial charge on any atom is 0.180 e. The van der Waals surface area contributed by atoms with E-state index in [4.69, 9.17) is 28.8 Å². The Morgan fingerprint density at radius 1 is 0.386 bits per heavy atom. The van der Waals surface area contributed by atoms with E-state index in [1.165, 1.54) is 20.2 Å². The fourth-order valence-corrected chi connectivity index (χ4v) is 9.25. The summed E-state index contributed by atoms with van der Waals surface area (Å²) >= 11 is 1.81. The summed E-state index contributed by atoms with van der Waals surface area (Å²) in [6.07, 6.45) is 0. The van der Waals surface area contributed by atoms with Gasteiger partial charge in [-0.2, -0.15) is 0 Å². The van der Waals surface area contributed by atoms with Gasteiger partial charge in [-0.1, -0.05) is 115 Å². The lowest BCUT2D eigenvalue weighted by Gasteiger charge is -2.11. The highest BCUT2D eigenvalue weighted by molar-refractivity contribution is 7.25. The van der Waals surface area contributed by atoms with Crippen molar-refractivity contribution in [2.24, 2.45) is 0 Å².